The summed E-state index contributed by atoms with van der Waals surface area (Å²) in [4.78, 5) is 4.91. The van der Waals surface area contributed by atoms with Gasteiger partial charge in [-0.3, -0.25) is 4.90 Å². The van der Waals surface area contributed by atoms with Crippen LogP contribution in [0.2, 0.25) is 0 Å². The molecule has 1 aliphatic heterocycles. The van der Waals surface area contributed by atoms with Gasteiger partial charge in [-0.05, 0) is 26.6 Å². The van der Waals surface area contributed by atoms with Crippen molar-refractivity contribution >= 4 is 12.6 Å². The van der Waals surface area contributed by atoms with E-state index >= 15 is 0 Å². The topological polar surface area (TPSA) is 6.48 Å². The molecule has 1 rings (SSSR count). The fraction of sp³-hybridized carbons (Fsp3) is 0.800. The highest BCUT2D eigenvalue weighted by atomic mass is 32.1. The van der Waals surface area contributed by atoms with Crippen LogP contribution in [-0.4, -0.2) is 55.3 Å². The van der Waals surface area contributed by atoms with Crippen LogP contribution in [0.4, 0.5) is 0 Å². The number of hydrogen-bond acceptors (Lipinski definition) is 3. The Morgan fingerprint density at radius 3 is 2.77 bits per heavy atom. The summed E-state index contributed by atoms with van der Waals surface area (Å²) >= 11 is 4.14. The van der Waals surface area contributed by atoms with Crippen LogP contribution < -0.4 is 0 Å². The highest BCUT2D eigenvalue weighted by Gasteiger charge is 2.09. The van der Waals surface area contributed by atoms with Gasteiger partial charge in [0.15, 0.2) is 0 Å². The van der Waals surface area contributed by atoms with E-state index in [-0.39, 0.29) is 0 Å². The van der Waals surface area contributed by atoms with E-state index in [2.05, 4.69) is 41.6 Å². The Bertz CT molecular complexity index is 159. The monoisotopic (exact) mass is 200 g/mol. The van der Waals surface area contributed by atoms with Gasteiger partial charge in [0.2, 0.25) is 0 Å². The van der Waals surface area contributed by atoms with Crippen molar-refractivity contribution in [2.45, 2.75) is 6.42 Å². The summed E-state index contributed by atoms with van der Waals surface area (Å²) in [5.74, 6) is 0.855. The lowest BCUT2D eigenvalue weighted by Gasteiger charge is -2.17. The van der Waals surface area contributed by atoms with E-state index in [0.717, 1.165) is 12.3 Å². The second-order valence-corrected chi connectivity index (χ2v) is 3.98. The van der Waals surface area contributed by atoms with E-state index in [1.807, 2.05) is 0 Å². The van der Waals surface area contributed by atoms with Crippen LogP contribution in [-0.2, 0) is 0 Å². The third-order valence-electron chi connectivity index (χ3n) is 2.45. The minimum Gasteiger partial charge on any atom is -0.305 e. The molecule has 0 atom stereocenters. The zero-order valence-corrected chi connectivity index (χ0v) is 9.34. The van der Waals surface area contributed by atoms with E-state index in [4.69, 9.17) is 0 Å². The van der Waals surface area contributed by atoms with E-state index < -0.39 is 0 Å². The van der Waals surface area contributed by atoms with Gasteiger partial charge in [0.05, 0.1) is 0 Å². The fourth-order valence-corrected chi connectivity index (χ4v) is 1.73. The minimum absolute atomic E-state index is 0.855. The van der Waals surface area contributed by atoms with Gasteiger partial charge in [-0.1, -0.05) is 12.2 Å². The molecule has 2 nitrogen and oxygen atoms in total. The molecule has 1 heterocycles. The van der Waals surface area contributed by atoms with Gasteiger partial charge in [-0.2, -0.15) is 12.6 Å². The molecule has 3 heteroatoms. The summed E-state index contributed by atoms with van der Waals surface area (Å²) in [6.45, 7) is 5.98. The molecule has 0 bridgehead atoms. The molecule has 0 unspecified atom stereocenters. The Hall–Kier alpha value is 0.01000. The Labute approximate surface area is 87.0 Å². The van der Waals surface area contributed by atoms with Crippen molar-refractivity contribution in [2.24, 2.45) is 0 Å². The van der Waals surface area contributed by atoms with E-state index in [0.29, 0.717) is 0 Å². The molecule has 0 spiro atoms. The molecule has 0 aliphatic carbocycles. The van der Waals surface area contributed by atoms with Crippen LogP contribution >= 0.6 is 12.6 Å². The molecule has 13 heavy (non-hydrogen) atoms. The van der Waals surface area contributed by atoms with E-state index in [1.165, 1.54) is 32.6 Å². The minimum atomic E-state index is 0.855. The first kappa shape index (κ1) is 11.1. The van der Waals surface area contributed by atoms with Gasteiger partial charge in [0.25, 0.3) is 0 Å². The van der Waals surface area contributed by atoms with Crippen LogP contribution in [0, 0.1) is 0 Å². The van der Waals surface area contributed by atoms with Gasteiger partial charge < -0.3 is 4.90 Å². The number of likely N-dealkylation sites (N-methyl/N-ethyl adjacent to an activating group) is 1. The quantitative estimate of drug-likeness (QED) is 0.538. The van der Waals surface area contributed by atoms with Crippen LogP contribution in [0.25, 0.3) is 0 Å². The fourth-order valence-electron chi connectivity index (χ4n) is 1.58. The van der Waals surface area contributed by atoms with Crippen molar-refractivity contribution in [3.63, 3.8) is 0 Å². The molecular formula is C10H20N2S. The maximum Gasteiger partial charge on any atom is 0.0164 e. The Balaban J connectivity index is 2.21. The van der Waals surface area contributed by atoms with E-state index in [9.17, 15) is 0 Å². The summed E-state index contributed by atoms with van der Waals surface area (Å²) in [5.41, 5.74) is 0. The van der Waals surface area contributed by atoms with Crippen molar-refractivity contribution < 1.29 is 0 Å². The third-order valence-corrected chi connectivity index (χ3v) is 2.66. The van der Waals surface area contributed by atoms with Crippen molar-refractivity contribution in [2.75, 3.05) is 45.5 Å². The highest BCUT2D eigenvalue weighted by molar-refractivity contribution is 7.80. The maximum atomic E-state index is 4.14. The summed E-state index contributed by atoms with van der Waals surface area (Å²) in [5, 5.41) is 0. The molecule has 1 saturated heterocycles. The molecule has 0 radical (unpaired) electrons. The largest absolute Gasteiger partial charge is 0.305 e. The molecule has 0 aromatic carbocycles. The molecule has 76 valence electrons. The zero-order valence-electron chi connectivity index (χ0n) is 8.45. The average Bonchev–Trinajstić information content (AvgIpc) is 2.32. The molecule has 0 aromatic heterocycles. The first-order valence-electron chi connectivity index (χ1n) is 4.99. The Kier molecular flexibility index (Phi) is 5.51. The Morgan fingerprint density at radius 2 is 2.00 bits per heavy atom. The van der Waals surface area contributed by atoms with Gasteiger partial charge in [-0.15, -0.1) is 0 Å². The number of nitrogens with zero attached hydrogens (tertiary/aromatic N) is 2. The smallest absolute Gasteiger partial charge is 0.0164 e. The SMILES string of the molecule is CN1CCCN(C/C=C/CS)CC1. The first-order valence-corrected chi connectivity index (χ1v) is 5.63. The summed E-state index contributed by atoms with van der Waals surface area (Å²) in [6, 6.07) is 0. The molecule has 0 N–H and O–H groups in total. The lowest BCUT2D eigenvalue weighted by Crippen LogP contribution is -2.29. The molecule has 1 fully saturated rings. The zero-order chi connectivity index (χ0) is 9.52. The molecule has 0 saturated carbocycles. The Morgan fingerprint density at radius 1 is 1.15 bits per heavy atom. The third kappa shape index (κ3) is 4.69. The first-order chi connectivity index (χ1) is 6.33. The molecule has 0 amide bonds. The average molecular weight is 200 g/mol. The molecular weight excluding hydrogens is 180 g/mol. The second-order valence-electron chi connectivity index (χ2n) is 3.61. The van der Waals surface area contributed by atoms with Gasteiger partial charge in [-0.25, -0.2) is 0 Å². The lowest BCUT2D eigenvalue weighted by molar-refractivity contribution is 0.300. The van der Waals surface area contributed by atoms with Crippen LogP contribution in [0.15, 0.2) is 12.2 Å². The molecule has 0 aromatic rings. The predicted molar refractivity (Wildman–Crippen MR) is 61.5 cm³/mol. The second kappa shape index (κ2) is 6.46. The van der Waals surface area contributed by atoms with Crippen molar-refractivity contribution in [1.82, 2.24) is 9.80 Å². The number of thiol groups is 1. The summed E-state index contributed by atoms with van der Waals surface area (Å²) in [7, 11) is 2.20. The standard InChI is InChI=1S/C10H20N2S/c1-11-5-4-7-12(9-8-11)6-2-3-10-13/h2-3,13H,4-10H2,1H3/b3-2+. The number of rotatable bonds is 3. The summed E-state index contributed by atoms with van der Waals surface area (Å²) in [6.07, 6.45) is 5.64. The summed E-state index contributed by atoms with van der Waals surface area (Å²) < 4.78 is 0. The van der Waals surface area contributed by atoms with Crippen LogP contribution in [0.1, 0.15) is 6.42 Å². The van der Waals surface area contributed by atoms with Crippen LogP contribution in [0.5, 0.6) is 0 Å². The van der Waals surface area contributed by atoms with Gasteiger partial charge >= 0.3 is 0 Å². The highest BCUT2D eigenvalue weighted by Crippen LogP contribution is 2.00. The molecule has 1 aliphatic rings. The normalized spacial score (nSPS) is 22.3. The van der Waals surface area contributed by atoms with E-state index in [1.54, 1.807) is 0 Å². The lowest BCUT2D eigenvalue weighted by atomic mass is 10.4. The van der Waals surface area contributed by atoms with Crippen molar-refractivity contribution in [3.05, 3.63) is 12.2 Å². The van der Waals surface area contributed by atoms with Crippen LogP contribution in [0.3, 0.4) is 0 Å². The maximum absolute atomic E-state index is 4.14. The van der Waals surface area contributed by atoms with Gasteiger partial charge in [0, 0.05) is 25.4 Å². The van der Waals surface area contributed by atoms with Crippen molar-refractivity contribution in [1.29, 1.82) is 0 Å². The van der Waals surface area contributed by atoms with Crippen molar-refractivity contribution in [3.8, 4) is 0 Å². The number of hydrogen-bond donors (Lipinski definition) is 1. The predicted octanol–water partition coefficient (Wildman–Crippen LogP) is 1.11. The van der Waals surface area contributed by atoms with Gasteiger partial charge in [0.1, 0.15) is 0 Å².